The molecule has 1 radical (unpaired) electrons. The highest BCUT2D eigenvalue weighted by atomic mass is 35.5. The second kappa shape index (κ2) is 4.54. The molecule has 2 aromatic rings. The molecular weight excluding hydrogens is 227 g/mol. The van der Waals surface area contributed by atoms with Crippen LogP contribution in [0.2, 0.25) is 5.02 Å². The molecule has 0 N–H and O–H groups in total. The van der Waals surface area contributed by atoms with E-state index in [0.717, 1.165) is 5.56 Å². The average molecular weight is 236 g/mol. The molecule has 0 aliphatic heterocycles. The van der Waals surface area contributed by atoms with E-state index >= 15 is 0 Å². The molecule has 0 saturated heterocycles. The second-order valence-electron chi connectivity index (χ2n) is 3.25. The number of halogens is 2. The van der Waals surface area contributed by atoms with E-state index in [1.807, 2.05) is 0 Å². The van der Waals surface area contributed by atoms with Gasteiger partial charge in [0, 0.05) is 11.6 Å². The normalized spacial score (nSPS) is 10.2. The van der Waals surface area contributed by atoms with Crippen LogP contribution < -0.4 is 4.74 Å². The monoisotopic (exact) mass is 235 g/mol. The molecule has 2 aromatic carbocycles. The Morgan fingerprint density at radius 3 is 2.81 bits per heavy atom. The maximum absolute atomic E-state index is 13.5. The fourth-order valence-electron chi connectivity index (χ4n) is 1.47. The third kappa shape index (κ3) is 2.02. The van der Waals surface area contributed by atoms with E-state index in [1.165, 1.54) is 13.2 Å². The lowest BCUT2D eigenvalue weighted by atomic mass is 10.1. The first kappa shape index (κ1) is 11.0. The molecule has 0 atom stereocenters. The van der Waals surface area contributed by atoms with Crippen molar-refractivity contribution in [2.45, 2.75) is 0 Å². The minimum atomic E-state index is -0.383. The zero-order valence-electron chi connectivity index (χ0n) is 8.63. The number of rotatable bonds is 2. The van der Waals surface area contributed by atoms with Crippen LogP contribution in [0.5, 0.6) is 5.75 Å². The molecule has 0 spiro atoms. The lowest BCUT2D eigenvalue weighted by Gasteiger charge is -2.07. The molecule has 16 heavy (non-hydrogen) atoms. The van der Waals surface area contributed by atoms with E-state index in [0.29, 0.717) is 16.3 Å². The molecule has 0 saturated carbocycles. The lowest BCUT2D eigenvalue weighted by Crippen LogP contribution is -1.87. The van der Waals surface area contributed by atoms with Crippen LogP contribution in [0.1, 0.15) is 0 Å². The fraction of sp³-hybridized carbons (Fsp3) is 0.0769. The average Bonchev–Trinajstić information content (AvgIpc) is 2.31. The first-order valence-electron chi connectivity index (χ1n) is 4.72. The van der Waals surface area contributed by atoms with Crippen molar-refractivity contribution in [3.05, 3.63) is 53.3 Å². The van der Waals surface area contributed by atoms with Crippen LogP contribution in [0, 0.1) is 11.9 Å². The van der Waals surface area contributed by atoms with E-state index < -0.39 is 0 Å². The minimum Gasteiger partial charge on any atom is -0.495 e. The van der Waals surface area contributed by atoms with Gasteiger partial charge in [0.05, 0.1) is 12.1 Å². The summed E-state index contributed by atoms with van der Waals surface area (Å²) in [6, 6.07) is 12.6. The van der Waals surface area contributed by atoms with Gasteiger partial charge >= 0.3 is 0 Å². The highest BCUT2D eigenvalue weighted by Crippen LogP contribution is 2.31. The van der Waals surface area contributed by atoms with Gasteiger partial charge in [-0.3, -0.25) is 0 Å². The first-order valence-corrected chi connectivity index (χ1v) is 5.10. The molecule has 0 aliphatic carbocycles. The van der Waals surface area contributed by atoms with E-state index in [2.05, 4.69) is 6.07 Å². The smallest absolute Gasteiger partial charge is 0.138 e. The Hall–Kier alpha value is -1.54. The van der Waals surface area contributed by atoms with Crippen molar-refractivity contribution in [2.75, 3.05) is 7.11 Å². The van der Waals surface area contributed by atoms with Gasteiger partial charge in [-0.2, -0.15) is 0 Å². The number of methoxy groups -OCH3 is 1. The van der Waals surface area contributed by atoms with Crippen molar-refractivity contribution in [1.82, 2.24) is 0 Å². The molecular formula is C13H9ClFO. The SMILES string of the molecule is COc1cc(-c2ccc[c]c2F)ccc1Cl. The Labute approximate surface area is 98.4 Å². The van der Waals surface area contributed by atoms with Crippen LogP contribution in [0.25, 0.3) is 11.1 Å². The van der Waals surface area contributed by atoms with Crippen molar-refractivity contribution < 1.29 is 9.13 Å². The predicted octanol–water partition coefficient (Wildman–Crippen LogP) is 3.95. The number of hydrogen-bond donors (Lipinski definition) is 0. The Bertz CT molecular complexity index is 511. The molecule has 0 aliphatic rings. The molecule has 0 amide bonds. The molecule has 0 bridgehead atoms. The van der Waals surface area contributed by atoms with Gasteiger partial charge in [0.2, 0.25) is 0 Å². The summed E-state index contributed by atoms with van der Waals surface area (Å²) in [6.45, 7) is 0. The molecule has 2 rings (SSSR count). The molecule has 0 aromatic heterocycles. The van der Waals surface area contributed by atoms with Crippen molar-refractivity contribution in [3.63, 3.8) is 0 Å². The van der Waals surface area contributed by atoms with Gasteiger partial charge in [-0.1, -0.05) is 35.9 Å². The Kier molecular flexibility index (Phi) is 3.11. The topological polar surface area (TPSA) is 9.23 Å². The van der Waals surface area contributed by atoms with Crippen LogP contribution in [0.3, 0.4) is 0 Å². The quantitative estimate of drug-likeness (QED) is 0.766. The summed E-state index contributed by atoms with van der Waals surface area (Å²) in [5.41, 5.74) is 1.20. The Morgan fingerprint density at radius 2 is 2.12 bits per heavy atom. The molecule has 3 heteroatoms. The van der Waals surface area contributed by atoms with E-state index in [9.17, 15) is 4.39 Å². The van der Waals surface area contributed by atoms with Gasteiger partial charge in [-0.15, -0.1) is 0 Å². The summed E-state index contributed by atoms with van der Waals surface area (Å²) in [5, 5.41) is 0.506. The highest BCUT2D eigenvalue weighted by Gasteiger charge is 2.07. The molecule has 1 nitrogen and oxygen atoms in total. The van der Waals surface area contributed by atoms with Crippen molar-refractivity contribution in [1.29, 1.82) is 0 Å². The number of hydrogen-bond acceptors (Lipinski definition) is 1. The van der Waals surface area contributed by atoms with E-state index in [1.54, 1.807) is 30.3 Å². The first-order chi connectivity index (χ1) is 7.72. The summed E-state index contributed by atoms with van der Waals surface area (Å²) in [7, 11) is 1.53. The standard InChI is InChI=1S/C13H9ClFO/c1-16-13-8-9(6-7-11(13)14)10-4-2-3-5-12(10)15/h2-4,6-8H,1H3. The molecule has 0 fully saturated rings. The van der Waals surface area contributed by atoms with E-state index in [4.69, 9.17) is 16.3 Å². The summed E-state index contributed by atoms with van der Waals surface area (Å²) < 4.78 is 18.6. The van der Waals surface area contributed by atoms with Gasteiger partial charge in [-0.25, -0.2) is 4.39 Å². The zero-order chi connectivity index (χ0) is 11.5. The van der Waals surface area contributed by atoms with Crippen LogP contribution >= 0.6 is 11.6 Å². The summed E-state index contributed by atoms with van der Waals surface area (Å²) in [5.74, 6) is 0.147. The minimum absolute atomic E-state index is 0.383. The number of ether oxygens (including phenoxy) is 1. The summed E-state index contributed by atoms with van der Waals surface area (Å²) >= 11 is 5.90. The predicted molar refractivity (Wildman–Crippen MR) is 62.2 cm³/mol. The van der Waals surface area contributed by atoms with Crippen molar-refractivity contribution in [2.24, 2.45) is 0 Å². The highest BCUT2D eigenvalue weighted by molar-refractivity contribution is 6.32. The van der Waals surface area contributed by atoms with Gasteiger partial charge < -0.3 is 4.74 Å². The fourth-order valence-corrected chi connectivity index (χ4v) is 1.66. The molecule has 0 unspecified atom stereocenters. The third-order valence-corrected chi connectivity index (χ3v) is 2.58. The van der Waals surface area contributed by atoms with Crippen molar-refractivity contribution in [3.8, 4) is 16.9 Å². The Balaban J connectivity index is 2.53. The largest absolute Gasteiger partial charge is 0.495 e. The molecule has 81 valence electrons. The lowest BCUT2D eigenvalue weighted by molar-refractivity contribution is 0.415. The second-order valence-corrected chi connectivity index (χ2v) is 3.65. The summed E-state index contributed by atoms with van der Waals surface area (Å²) in [6.07, 6.45) is 0. The van der Waals surface area contributed by atoms with Crippen LogP contribution in [0.4, 0.5) is 4.39 Å². The zero-order valence-corrected chi connectivity index (χ0v) is 9.38. The maximum Gasteiger partial charge on any atom is 0.138 e. The van der Waals surface area contributed by atoms with Crippen LogP contribution in [-0.4, -0.2) is 7.11 Å². The van der Waals surface area contributed by atoms with Crippen LogP contribution in [-0.2, 0) is 0 Å². The van der Waals surface area contributed by atoms with E-state index in [-0.39, 0.29) is 5.82 Å². The molecule has 0 heterocycles. The van der Waals surface area contributed by atoms with Gasteiger partial charge in [0.25, 0.3) is 0 Å². The van der Waals surface area contributed by atoms with Gasteiger partial charge in [0.15, 0.2) is 0 Å². The summed E-state index contributed by atoms with van der Waals surface area (Å²) in [4.78, 5) is 0. The van der Waals surface area contributed by atoms with Gasteiger partial charge in [0.1, 0.15) is 11.6 Å². The van der Waals surface area contributed by atoms with Gasteiger partial charge in [-0.05, 0) is 17.7 Å². The Morgan fingerprint density at radius 1 is 1.31 bits per heavy atom. The maximum atomic E-state index is 13.5. The number of benzene rings is 2. The third-order valence-electron chi connectivity index (χ3n) is 2.27. The van der Waals surface area contributed by atoms with Crippen LogP contribution in [0.15, 0.2) is 36.4 Å². The van der Waals surface area contributed by atoms with Crippen molar-refractivity contribution >= 4 is 11.6 Å².